The normalized spacial score (nSPS) is 11.8. The molecule has 0 radical (unpaired) electrons. The van der Waals surface area contributed by atoms with E-state index in [1.54, 1.807) is 7.11 Å². The van der Waals surface area contributed by atoms with Crippen molar-refractivity contribution < 1.29 is 9.53 Å². The Morgan fingerprint density at radius 2 is 1.95 bits per heavy atom. The quantitative estimate of drug-likeness (QED) is 0.880. The van der Waals surface area contributed by atoms with E-state index >= 15 is 0 Å². The molecule has 0 saturated heterocycles. The molecular formula is C19H23NO2. The summed E-state index contributed by atoms with van der Waals surface area (Å²) in [6.45, 7) is 4.08. The molecule has 0 saturated carbocycles. The average Bonchev–Trinajstić information content (AvgIpc) is 2.53. The molecule has 2 rings (SSSR count). The van der Waals surface area contributed by atoms with Crippen LogP contribution in [0.1, 0.15) is 36.1 Å². The van der Waals surface area contributed by atoms with Crippen LogP contribution in [0.25, 0.3) is 0 Å². The predicted octanol–water partition coefficient (Wildman–Crippen LogP) is 3.81. The van der Waals surface area contributed by atoms with Crippen LogP contribution in [0.4, 0.5) is 0 Å². The summed E-state index contributed by atoms with van der Waals surface area (Å²) in [5.41, 5.74) is 3.47. The van der Waals surface area contributed by atoms with Crippen molar-refractivity contribution in [2.45, 2.75) is 32.7 Å². The molecule has 2 aromatic rings. The Morgan fingerprint density at radius 3 is 2.68 bits per heavy atom. The van der Waals surface area contributed by atoms with Crippen molar-refractivity contribution in [3.05, 3.63) is 65.2 Å². The lowest BCUT2D eigenvalue weighted by Gasteiger charge is -2.16. The number of aryl methyl sites for hydroxylation is 2. The topological polar surface area (TPSA) is 38.3 Å². The number of carbonyl (C=O) groups is 1. The summed E-state index contributed by atoms with van der Waals surface area (Å²) >= 11 is 0. The van der Waals surface area contributed by atoms with Crippen LogP contribution in [0.15, 0.2) is 48.5 Å². The van der Waals surface area contributed by atoms with Crippen molar-refractivity contribution in [3.63, 3.8) is 0 Å². The SMILES string of the molecule is COc1cccc(CCC(=O)NC(C)c2ccccc2C)c1. The van der Waals surface area contributed by atoms with Gasteiger partial charge in [0.1, 0.15) is 5.75 Å². The molecule has 0 heterocycles. The molecule has 0 aliphatic heterocycles. The third kappa shape index (κ3) is 4.35. The first kappa shape index (κ1) is 16.1. The van der Waals surface area contributed by atoms with E-state index < -0.39 is 0 Å². The average molecular weight is 297 g/mol. The van der Waals surface area contributed by atoms with Gasteiger partial charge in [-0.05, 0) is 49.1 Å². The molecule has 3 heteroatoms. The number of hydrogen-bond donors (Lipinski definition) is 1. The fourth-order valence-electron chi connectivity index (χ4n) is 2.55. The molecule has 1 amide bonds. The Balaban J connectivity index is 1.89. The van der Waals surface area contributed by atoms with Crippen molar-refractivity contribution >= 4 is 5.91 Å². The molecular weight excluding hydrogens is 274 g/mol. The highest BCUT2D eigenvalue weighted by molar-refractivity contribution is 5.76. The van der Waals surface area contributed by atoms with Gasteiger partial charge >= 0.3 is 0 Å². The van der Waals surface area contributed by atoms with Gasteiger partial charge in [-0.2, -0.15) is 0 Å². The van der Waals surface area contributed by atoms with Crippen molar-refractivity contribution in [2.75, 3.05) is 7.11 Å². The first-order valence-corrected chi connectivity index (χ1v) is 7.58. The summed E-state index contributed by atoms with van der Waals surface area (Å²) < 4.78 is 5.20. The molecule has 0 bridgehead atoms. The number of rotatable bonds is 6. The lowest BCUT2D eigenvalue weighted by molar-refractivity contribution is -0.121. The molecule has 0 spiro atoms. The van der Waals surface area contributed by atoms with Gasteiger partial charge in [-0.1, -0.05) is 36.4 Å². The van der Waals surface area contributed by atoms with Crippen molar-refractivity contribution in [2.24, 2.45) is 0 Å². The van der Waals surface area contributed by atoms with Crippen molar-refractivity contribution in [1.82, 2.24) is 5.32 Å². The van der Waals surface area contributed by atoms with Gasteiger partial charge in [-0.15, -0.1) is 0 Å². The summed E-state index contributed by atoms with van der Waals surface area (Å²) in [5, 5.41) is 3.07. The van der Waals surface area contributed by atoms with Crippen LogP contribution in [-0.2, 0) is 11.2 Å². The number of carbonyl (C=O) groups excluding carboxylic acids is 1. The van der Waals surface area contributed by atoms with E-state index in [0.29, 0.717) is 12.8 Å². The summed E-state index contributed by atoms with van der Waals surface area (Å²) in [7, 11) is 1.65. The van der Waals surface area contributed by atoms with E-state index in [0.717, 1.165) is 16.9 Å². The largest absolute Gasteiger partial charge is 0.497 e. The fraction of sp³-hybridized carbons (Fsp3) is 0.316. The Kier molecular flexibility index (Phi) is 5.59. The predicted molar refractivity (Wildman–Crippen MR) is 89.1 cm³/mol. The smallest absolute Gasteiger partial charge is 0.220 e. The number of amides is 1. The van der Waals surface area contributed by atoms with Gasteiger partial charge in [0, 0.05) is 6.42 Å². The first-order valence-electron chi connectivity index (χ1n) is 7.58. The maximum atomic E-state index is 12.1. The molecule has 22 heavy (non-hydrogen) atoms. The van der Waals surface area contributed by atoms with Gasteiger partial charge < -0.3 is 10.1 Å². The van der Waals surface area contributed by atoms with E-state index in [4.69, 9.17) is 4.74 Å². The van der Waals surface area contributed by atoms with Crippen LogP contribution in [0.5, 0.6) is 5.75 Å². The maximum Gasteiger partial charge on any atom is 0.220 e. The molecule has 1 atom stereocenters. The van der Waals surface area contributed by atoms with Crippen LogP contribution in [0.3, 0.4) is 0 Å². The minimum atomic E-state index is 0.0269. The standard InChI is InChI=1S/C19H23NO2/c1-14-7-4-5-10-18(14)15(2)20-19(21)12-11-16-8-6-9-17(13-16)22-3/h4-10,13,15H,11-12H2,1-3H3,(H,20,21). The summed E-state index contributed by atoms with van der Waals surface area (Å²) in [4.78, 5) is 12.1. The van der Waals surface area contributed by atoms with E-state index in [-0.39, 0.29) is 11.9 Å². The maximum absolute atomic E-state index is 12.1. The minimum Gasteiger partial charge on any atom is -0.497 e. The minimum absolute atomic E-state index is 0.0269. The summed E-state index contributed by atoms with van der Waals surface area (Å²) in [5.74, 6) is 0.893. The highest BCUT2D eigenvalue weighted by Gasteiger charge is 2.11. The van der Waals surface area contributed by atoms with Gasteiger partial charge in [0.25, 0.3) is 0 Å². The molecule has 0 aromatic heterocycles. The second-order valence-corrected chi connectivity index (χ2v) is 5.50. The molecule has 1 N–H and O–H groups in total. The van der Waals surface area contributed by atoms with Gasteiger partial charge in [0.15, 0.2) is 0 Å². The van der Waals surface area contributed by atoms with E-state index in [2.05, 4.69) is 24.4 Å². The Hall–Kier alpha value is -2.29. The number of benzene rings is 2. The number of hydrogen-bond acceptors (Lipinski definition) is 2. The highest BCUT2D eigenvalue weighted by atomic mass is 16.5. The van der Waals surface area contributed by atoms with Crippen molar-refractivity contribution in [3.8, 4) is 5.75 Å². The third-order valence-corrected chi connectivity index (χ3v) is 3.81. The van der Waals surface area contributed by atoms with E-state index in [1.165, 1.54) is 5.56 Å². The van der Waals surface area contributed by atoms with Crippen molar-refractivity contribution in [1.29, 1.82) is 0 Å². The molecule has 3 nitrogen and oxygen atoms in total. The van der Waals surface area contributed by atoms with Crippen LogP contribution in [0, 0.1) is 6.92 Å². The zero-order chi connectivity index (χ0) is 15.9. The molecule has 2 aromatic carbocycles. The zero-order valence-electron chi connectivity index (χ0n) is 13.4. The summed E-state index contributed by atoms with van der Waals surface area (Å²) in [6.07, 6.45) is 1.19. The van der Waals surface area contributed by atoms with E-state index in [9.17, 15) is 4.79 Å². The molecule has 0 fully saturated rings. The van der Waals surface area contributed by atoms with E-state index in [1.807, 2.05) is 43.3 Å². The molecule has 1 unspecified atom stereocenters. The van der Waals surface area contributed by atoms with Crippen LogP contribution < -0.4 is 10.1 Å². The fourth-order valence-corrected chi connectivity index (χ4v) is 2.55. The van der Waals surface area contributed by atoms with Gasteiger partial charge in [0.05, 0.1) is 13.2 Å². The van der Waals surface area contributed by atoms with Gasteiger partial charge in [-0.3, -0.25) is 4.79 Å². The zero-order valence-corrected chi connectivity index (χ0v) is 13.4. The summed E-state index contributed by atoms with van der Waals surface area (Å²) in [6, 6.07) is 16.0. The van der Waals surface area contributed by atoms with Crippen LogP contribution in [0.2, 0.25) is 0 Å². The third-order valence-electron chi connectivity index (χ3n) is 3.81. The number of methoxy groups -OCH3 is 1. The number of nitrogens with one attached hydrogen (secondary N) is 1. The molecule has 0 aliphatic rings. The second kappa shape index (κ2) is 7.64. The lowest BCUT2D eigenvalue weighted by atomic mass is 10.0. The van der Waals surface area contributed by atoms with Gasteiger partial charge in [0.2, 0.25) is 5.91 Å². The second-order valence-electron chi connectivity index (χ2n) is 5.50. The lowest BCUT2D eigenvalue weighted by Crippen LogP contribution is -2.27. The Morgan fingerprint density at radius 1 is 1.18 bits per heavy atom. The van der Waals surface area contributed by atoms with Crippen LogP contribution in [-0.4, -0.2) is 13.0 Å². The Bertz CT molecular complexity index is 637. The van der Waals surface area contributed by atoms with Gasteiger partial charge in [-0.25, -0.2) is 0 Å². The Labute approximate surface area is 132 Å². The monoisotopic (exact) mass is 297 g/mol. The highest BCUT2D eigenvalue weighted by Crippen LogP contribution is 2.17. The first-order chi connectivity index (χ1) is 10.6. The number of ether oxygens (including phenoxy) is 1. The molecule has 0 aliphatic carbocycles. The van der Waals surface area contributed by atoms with Crippen LogP contribution >= 0.6 is 0 Å². The molecule has 116 valence electrons.